The lowest BCUT2D eigenvalue weighted by Gasteiger charge is -2.14. The van der Waals surface area contributed by atoms with Crippen LogP contribution in [0.4, 0.5) is 5.82 Å². The highest BCUT2D eigenvalue weighted by molar-refractivity contribution is 6.30. The van der Waals surface area contributed by atoms with E-state index in [2.05, 4.69) is 20.4 Å². The molecule has 0 spiro atoms. The molecule has 0 aliphatic heterocycles. The quantitative estimate of drug-likeness (QED) is 0.743. The van der Waals surface area contributed by atoms with Crippen LogP contribution < -0.4 is 10.1 Å². The van der Waals surface area contributed by atoms with Crippen molar-refractivity contribution < 1.29 is 9.53 Å². The molecule has 8 heteroatoms. The number of halogens is 1. The molecule has 3 aromatic rings. The van der Waals surface area contributed by atoms with Crippen molar-refractivity contribution in [2.45, 2.75) is 26.9 Å². The zero-order chi connectivity index (χ0) is 18.7. The van der Waals surface area contributed by atoms with Crippen LogP contribution in [0.5, 0.6) is 5.75 Å². The third-order valence-corrected chi connectivity index (χ3v) is 3.84. The molecule has 7 nitrogen and oxygen atoms in total. The average molecular weight is 372 g/mol. The van der Waals surface area contributed by atoms with E-state index < -0.39 is 6.10 Å². The van der Waals surface area contributed by atoms with Gasteiger partial charge in [0.25, 0.3) is 5.91 Å². The van der Waals surface area contributed by atoms with Gasteiger partial charge in [0, 0.05) is 16.8 Å². The summed E-state index contributed by atoms with van der Waals surface area (Å²) in [5, 5.41) is 7.64. The van der Waals surface area contributed by atoms with Crippen molar-refractivity contribution in [1.29, 1.82) is 0 Å². The highest BCUT2D eigenvalue weighted by atomic mass is 35.5. The molecule has 0 aliphatic rings. The van der Waals surface area contributed by atoms with Crippen LogP contribution in [0.15, 0.2) is 42.7 Å². The van der Waals surface area contributed by atoms with Crippen LogP contribution in [0.1, 0.15) is 18.3 Å². The standard InChI is InChI=1S/C18H18ClN5O2/c1-11-7-12(2)24(23-11)17-9-16(20-10-21-17)22-18(25)13(3)26-15-6-4-5-14(19)8-15/h4-10,13H,1-3H3,(H,20,21,22,25)/t13-/m0/s1. The maximum Gasteiger partial charge on any atom is 0.266 e. The fraction of sp³-hybridized carbons (Fsp3) is 0.222. The van der Waals surface area contributed by atoms with E-state index in [0.29, 0.717) is 22.4 Å². The number of hydrogen-bond acceptors (Lipinski definition) is 5. The van der Waals surface area contributed by atoms with Crippen molar-refractivity contribution in [2.24, 2.45) is 0 Å². The normalized spacial score (nSPS) is 11.8. The highest BCUT2D eigenvalue weighted by Crippen LogP contribution is 2.19. The third kappa shape index (κ3) is 4.18. The third-order valence-electron chi connectivity index (χ3n) is 3.61. The minimum Gasteiger partial charge on any atom is -0.481 e. The highest BCUT2D eigenvalue weighted by Gasteiger charge is 2.16. The molecule has 2 aromatic heterocycles. The Morgan fingerprint density at radius 2 is 2.04 bits per heavy atom. The van der Waals surface area contributed by atoms with Gasteiger partial charge in [-0.15, -0.1) is 0 Å². The van der Waals surface area contributed by atoms with E-state index in [-0.39, 0.29) is 5.91 Å². The number of benzene rings is 1. The summed E-state index contributed by atoms with van der Waals surface area (Å²) in [6.07, 6.45) is 0.657. The van der Waals surface area contributed by atoms with Gasteiger partial charge in [-0.05, 0) is 45.0 Å². The Labute approximate surface area is 156 Å². The van der Waals surface area contributed by atoms with Crippen LogP contribution in [0.25, 0.3) is 5.82 Å². The fourth-order valence-corrected chi connectivity index (χ4v) is 2.60. The van der Waals surface area contributed by atoms with Gasteiger partial charge in [-0.3, -0.25) is 4.79 Å². The predicted octanol–water partition coefficient (Wildman–Crippen LogP) is 3.34. The number of aryl methyl sites for hydroxylation is 2. The Morgan fingerprint density at radius 3 is 2.73 bits per heavy atom. The first-order valence-corrected chi connectivity index (χ1v) is 8.39. The van der Waals surface area contributed by atoms with Crippen molar-refractivity contribution in [2.75, 3.05) is 5.32 Å². The second-order valence-corrected chi connectivity index (χ2v) is 6.24. The summed E-state index contributed by atoms with van der Waals surface area (Å²) in [6, 6.07) is 10.5. The first kappa shape index (κ1) is 17.9. The van der Waals surface area contributed by atoms with Gasteiger partial charge >= 0.3 is 0 Å². The van der Waals surface area contributed by atoms with Gasteiger partial charge in [0.1, 0.15) is 17.9 Å². The number of nitrogens with one attached hydrogen (secondary N) is 1. The van der Waals surface area contributed by atoms with E-state index in [4.69, 9.17) is 16.3 Å². The molecular formula is C18H18ClN5O2. The molecule has 134 valence electrons. The number of aromatic nitrogens is 4. The first-order chi connectivity index (χ1) is 12.4. The molecular weight excluding hydrogens is 354 g/mol. The lowest BCUT2D eigenvalue weighted by atomic mass is 10.3. The minimum absolute atomic E-state index is 0.331. The summed E-state index contributed by atoms with van der Waals surface area (Å²) in [4.78, 5) is 20.7. The van der Waals surface area contributed by atoms with Crippen LogP contribution in [0.2, 0.25) is 5.02 Å². The molecule has 1 atom stereocenters. The van der Waals surface area contributed by atoms with Crippen molar-refractivity contribution in [3.8, 4) is 11.6 Å². The van der Waals surface area contributed by atoms with Crippen molar-refractivity contribution in [3.05, 3.63) is 59.1 Å². The van der Waals surface area contributed by atoms with Gasteiger partial charge in [-0.25, -0.2) is 14.6 Å². The molecule has 0 saturated carbocycles. The smallest absolute Gasteiger partial charge is 0.266 e. The lowest BCUT2D eigenvalue weighted by Crippen LogP contribution is -2.30. The Hall–Kier alpha value is -2.93. The van der Waals surface area contributed by atoms with E-state index in [1.165, 1.54) is 6.33 Å². The number of amides is 1. The van der Waals surface area contributed by atoms with Gasteiger partial charge in [0.2, 0.25) is 0 Å². The molecule has 0 bridgehead atoms. The second-order valence-electron chi connectivity index (χ2n) is 5.81. The maximum atomic E-state index is 12.4. The Kier molecular flexibility index (Phi) is 5.18. The van der Waals surface area contributed by atoms with E-state index in [9.17, 15) is 4.79 Å². The Balaban J connectivity index is 1.71. The number of carbonyl (C=O) groups is 1. The zero-order valence-corrected chi connectivity index (χ0v) is 15.4. The SMILES string of the molecule is Cc1cc(C)n(-c2cc(NC(=O)[C@H](C)Oc3cccc(Cl)c3)ncn2)n1. The molecule has 1 N–H and O–H groups in total. The molecule has 0 fully saturated rings. The van der Waals surface area contributed by atoms with Gasteiger partial charge in [-0.1, -0.05) is 17.7 Å². The van der Waals surface area contributed by atoms with Crippen LogP contribution >= 0.6 is 11.6 Å². The molecule has 0 saturated heterocycles. The molecule has 3 rings (SSSR count). The second kappa shape index (κ2) is 7.53. The van der Waals surface area contributed by atoms with Crippen LogP contribution in [-0.2, 0) is 4.79 Å². The largest absolute Gasteiger partial charge is 0.481 e. The topological polar surface area (TPSA) is 81.9 Å². The minimum atomic E-state index is -0.722. The van der Waals surface area contributed by atoms with E-state index in [1.807, 2.05) is 19.9 Å². The Bertz CT molecular complexity index is 941. The molecule has 1 amide bonds. The average Bonchev–Trinajstić information content (AvgIpc) is 2.93. The predicted molar refractivity (Wildman–Crippen MR) is 98.8 cm³/mol. The molecule has 1 aromatic carbocycles. The molecule has 0 unspecified atom stereocenters. The fourth-order valence-electron chi connectivity index (χ4n) is 2.42. The maximum absolute atomic E-state index is 12.4. The first-order valence-electron chi connectivity index (χ1n) is 8.01. The van der Waals surface area contributed by atoms with Crippen molar-refractivity contribution in [3.63, 3.8) is 0 Å². The van der Waals surface area contributed by atoms with Gasteiger partial charge in [-0.2, -0.15) is 5.10 Å². The number of anilines is 1. The van der Waals surface area contributed by atoms with Crippen LogP contribution in [-0.4, -0.2) is 31.8 Å². The summed E-state index contributed by atoms with van der Waals surface area (Å²) in [5.41, 5.74) is 1.83. The van der Waals surface area contributed by atoms with E-state index in [1.54, 1.807) is 41.9 Å². The van der Waals surface area contributed by atoms with E-state index in [0.717, 1.165) is 11.4 Å². The van der Waals surface area contributed by atoms with Crippen molar-refractivity contribution in [1.82, 2.24) is 19.7 Å². The van der Waals surface area contributed by atoms with Gasteiger partial charge < -0.3 is 10.1 Å². The number of ether oxygens (including phenoxy) is 1. The zero-order valence-electron chi connectivity index (χ0n) is 14.6. The Morgan fingerprint density at radius 1 is 1.23 bits per heavy atom. The van der Waals surface area contributed by atoms with Crippen LogP contribution in [0, 0.1) is 13.8 Å². The van der Waals surface area contributed by atoms with Crippen LogP contribution in [0.3, 0.4) is 0 Å². The number of carbonyl (C=O) groups excluding carboxylic acids is 1. The molecule has 0 aliphatic carbocycles. The number of nitrogens with zero attached hydrogens (tertiary/aromatic N) is 4. The monoisotopic (exact) mass is 371 g/mol. The summed E-state index contributed by atoms with van der Waals surface area (Å²) in [5.74, 6) is 1.13. The molecule has 0 radical (unpaired) electrons. The summed E-state index contributed by atoms with van der Waals surface area (Å²) >= 11 is 5.92. The van der Waals surface area contributed by atoms with Gasteiger partial charge in [0.15, 0.2) is 11.9 Å². The molecule has 26 heavy (non-hydrogen) atoms. The summed E-state index contributed by atoms with van der Waals surface area (Å²) in [7, 11) is 0. The molecule has 2 heterocycles. The van der Waals surface area contributed by atoms with Gasteiger partial charge in [0.05, 0.1) is 5.69 Å². The van der Waals surface area contributed by atoms with Crippen molar-refractivity contribution >= 4 is 23.3 Å². The summed E-state index contributed by atoms with van der Waals surface area (Å²) < 4.78 is 7.30. The number of hydrogen-bond donors (Lipinski definition) is 1. The lowest BCUT2D eigenvalue weighted by molar-refractivity contribution is -0.122. The van der Waals surface area contributed by atoms with E-state index >= 15 is 0 Å². The number of rotatable bonds is 5. The summed E-state index contributed by atoms with van der Waals surface area (Å²) in [6.45, 7) is 5.49.